The highest BCUT2D eigenvalue weighted by Crippen LogP contribution is 2.14. The zero-order valence-electron chi connectivity index (χ0n) is 10.0. The summed E-state index contributed by atoms with van der Waals surface area (Å²) in [6.45, 7) is 2.32. The van der Waals surface area contributed by atoms with Crippen LogP contribution in [0.25, 0.3) is 11.0 Å². The van der Waals surface area contributed by atoms with E-state index in [-0.39, 0.29) is 0 Å². The van der Waals surface area contributed by atoms with Crippen LogP contribution in [0.1, 0.15) is 24.5 Å². The Bertz CT molecular complexity index is 668. The van der Waals surface area contributed by atoms with Gasteiger partial charge in [-0.2, -0.15) is 0 Å². The Balaban J connectivity index is 1.93. The van der Waals surface area contributed by atoms with Crippen LogP contribution in [0.5, 0.6) is 0 Å². The fourth-order valence-electron chi connectivity index (χ4n) is 2.06. The summed E-state index contributed by atoms with van der Waals surface area (Å²) in [7, 11) is 0. The number of pyridine rings is 1. The monoisotopic (exact) mass is 242 g/mol. The first-order valence-corrected chi connectivity index (χ1v) is 5.86. The Morgan fingerprint density at radius 2 is 2.28 bits per heavy atom. The number of rotatable bonds is 3. The van der Waals surface area contributed by atoms with Crippen LogP contribution in [-0.4, -0.2) is 24.6 Å². The summed E-state index contributed by atoms with van der Waals surface area (Å²) in [5, 5.41) is 10.7. The lowest BCUT2D eigenvalue weighted by Crippen LogP contribution is -2.08. The number of nitrogens with zero attached hydrogens (tertiary/aromatic N) is 3. The van der Waals surface area contributed by atoms with Gasteiger partial charge in [0.25, 0.3) is 0 Å². The van der Waals surface area contributed by atoms with Gasteiger partial charge in [0.1, 0.15) is 17.6 Å². The quantitative estimate of drug-likeness (QED) is 0.736. The number of hydrogen-bond donors (Lipinski definition) is 2. The van der Waals surface area contributed by atoms with Crippen molar-refractivity contribution in [2.75, 3.05) is 0 Å². The molecule has 0 amide bonds. The fourth-order valence-corrected chi connectivity index (χ4v) is 2.06. The van der Waals surface area contributed by atoms with Crippen molar-refractivity contribution in [3.63, 3.8) is 0 Å². The summed E-state index contributed by atoms with van der Waals surface area (Å²) >= 11 is 0. The van der Waals surface area contributed by atoms with Crippen LogP contribution >= 0.6 is 0 Å². The van der Waals surface area contributed by atoms with E-state index in [0.717, 1.165) is 16.7 Å². The Morgan fingerprint density at radius 1 is 1.39 bits per heavy atom. The summed E-state index contributed by atoms with van der Waals surface area (Å²) in [6.07, 6.45) is 4.84. The van der Waals surface area contributed by atoms with Gasteiger partial charge in [-0.3, -0.25) is 0 Å². The minimum atomic E-state index is -0.575. The highest BCUT2D eigenvalue weighted by Gasteiger charge is 2.09. The summed E-state index contributed by atoms with van der Waals surface area (Å²) in [6, 6.07) is 6.01. The van der Waals surface area contributed by atoms with Gasteiger partial charge in [-0.15, -0.1) is 0 Å². The van der Waals surface area contributed by atoms with Crippen molar-refractivity contribution in [1.29, 1.82) is 0 Å². The number of H-pyrrole nitrogens is 1. The predicted molar refractivity (Wildman–Crippen MR) is 68.1 cm³/mol. The summed E-state index contributed by atoms with van der Waals surface area (Å²) < 4.78 is 1.90. The van der Waals surface area contributed by atoms with E-state index in [2.05, 4.69) is 15.0 Å². The first kappa shape index (κ1) is 11.0. The highest BCUT2D eigenvalue weighted by atomic mass is 16.3. The molecule has 1 unspecified atom stereocenters. The molecule has 5 nitrogen and oxygen atoms in total. The maximum atomic E-state index is 9.60. The topological polar surface area (TPSA) is 66.7 Å². The van der Waals surface area contributed by atoms with E-state index in [9.17, 15) is 5.11 Å². The lowest BCUT2D eigenvalue weighted by Gasteiger charge is -2.09. The summed E-state index contributed by atoms with van der Waals surface area (Å²) in [5.41, 5.74) is 1.82. The maximum Gasteiger partial charge on any atom is 0.137 e. The lowest BCUT2D eigenvalue weighted by molar-refractivity contribution is 0.184. The molecule has 0 aliphatic heterocycles. The molecule has 0 radical (unpaired) electrons. The number of fused-ring (bicyclic) bond motifs is 1. The van der Waals surface area contributed by atoms with Crippen molar-refractivity contribution < 1.29 is 5.11 Å². The number of nitrogens with one attached hydrogen (secondary N) is 1. The molecule has 0 aromatic carbocycles. The second kappa shape index (κ2) is 4.27. The van der Waals surface area contributed by atoms with E-state index in [4.69, 9.17) is 0 Å². The molecule has 92 valence electrons. The third-order valence-electron chi connectivity index (χ3n) is 2.92. The zero-order chi connectivity index (χ0) is 12.5. The Hall–Kier alpha value is -2.14. The molecule has 0 bridgehead atoms. The molecule has 1 atom stereocenters. The molecule has 5 heteroatoms. The van der Waals surface area contributed by atoms with Gasteiger partial charge in [0.05, 0.1) is 12.2 Å². The highest BCUT2D eigenvalue weighted by molar-refractivity contribution is 5.75. The maximum absolute atomic E-state index is 9.60. The third-order valence-corrected chi connectivity index (χ3v) is 2.92. The van der Waals surface area contributed by atoms with Crippen LogP contribution in [0.3, 0.4) is 0 Å². The predicted octanol–water partition coefficient (Wildman–Crippen LogP) is 1.86. The average molecular weight is 242 g/mol. The molecule has 3 rings (SSSR count). The molecule has 3 aromatic rings. The zero-order valence-corrected chi connectivity index (χ0v) is 10.0. The molecule has 0 spiro atoms. The van der Waals surface area contributed by atoms with Crippen molar-refractivity contribution in [3.8, 4) is 0 Å². The molecule has 2 N–H and O–H groups in total. The molecule has 0 saturated carbocycles. The summed E-state index contributed by atoms with van der Waals surface area (Å²) in [5.74, 6) is 0.656. The Kier molecular flexibility index (Phi) is 2.60. The summed E-state index contributed by atoms with van der Waals surface area (Å²) in [4.78, 5) is 11.8. The van der Waals surface area contributed by atoms with Crippen molar-refractivity contribution in [3.05, 3.63) is 48.3 Å². The van der Waals surface area contributed by atoms with Gasteiger partial charge in [-0.05, 0) is 25.1 Å². The number of hydrogen-bond acceptors (Lipinski definition) is 3. The molecule has 3 aromatic heterocycles. The Morgan fingerprint density at radius 3 is 3.11 bits per heavy atom. The SMILES string of the molecule is CC(O)c1nccn1Cc1ccc2cc[nH]c2n1. The number of aromatic nitrogens is 4. The molecule has 0 aliphatic rings. The third kappa shape index (κ3) is 1.89. The molecule has 3 heterocycles. The largest absolute Gasteiger partial charge is 0.385 e. The van der Waals surface area contributed by atoms with Gasteiger partial charge in [-0.25, -0.2) is 9.97 Å². The minimum absolute atomic E-state index is 0.575. The van der Waals surface area contributed by atoms with Crippen LogP contribution in [0.2, 0.25) is 0 Å². The number of imidazole rings is 1. The van der Waals surface area contributed by atoms with E-state index in [1.807, 2.05) is 35.2 Å². The first-order valence-electron chi connectivity index (χ1n) is 5.86. The van der Waals surface area contributed by atoms with Crippen LogP contribution in [0.15, 0.2) is 36.8 Å². The minimum Gasteiger partial charge on any atom is -0.385 e. The smallest absolute Gasteiger partial charge is 0.137 e. The van der Waals surface area contributed by atoms with E-state index < -0.39 is 6.10 Å². The van der Waals surface area contributed by atoms with Crippen LogP contribution < -0.4 is 0 Å². The number of aliphatic hydroxyl groups is 1. The Labute approximate surface area is 104 Å². The molecule has 0 fully saturated rings. The van der Waals surface area contributed by atoms with Gasteiger partial charge in [-0.1, -0.05) is 0 Å². The molecule has 0 aliphatic carbocycles. The van der Waals surface area contributed by atoms with E-state index in [0.29, 0.717) is 12.4 Å². The van der Waals surface area contributed by atoms with Crippen molar-refractivity contribution >= 4 is 11.0 Å². The van der Waals surface area contributed by atoms with Crippen molar-refractivity contribution in [2.24, 2.45) is 0 Å². The second-order valence-electron chi connectivity index (χ2n) is 4.31. The van der Waals surface area contributed by atoms with Crippen LogP contribution in [-0.2, 0) is 6.54 Å². The van der Waals surface area contributed by atoms with Crippen molar-refractivity contribution in [2.45, 2.75) is 19.6 Å². The first-order chi connectivity index (χ1) is 8.74. The molecular formula is C13H14N4O. The van der Waals surface area contributed by atoms with E-state index >= 15 is 0 Å². The number of aliphatic hydroxyl groups excluding tert-OH is 1. The molecule has 18 heavy (non-hydrogen) atoms. The van der Waals surface area contributed by atoms with Gasteiger partial charge < -0.3 is 14.7 Å². The van der Waals surface area contributed by atoms with Gasteiger partial charge in [0.15, 0.2) is 0 Å². The number of aromatic amines is 1. The van der Waals surface area contributed by atoms with Crippen LogP contribution in [0, 0.1) is 0 Å². The standard InChI is InChI=1S/C13H14N4O/c1-9(18)13-15-6-7-17(13)8-11-3-2-10-4-5-14-12(10)16-11/h2-7,9,18H,8H2,1H3,(H,14,16). The van der Waals surface area contributed by atoms with Crippen molar-refractivity contribution in [1.82, 2.24) is 19.5 Å². The molecular weight excluding hydrogens is 228 g/mol. The average Bonchev–Trinajstić information content (AvgIpc) is 2.96. The molecule has 0 saturated heterocycles. The van der Waals surface area contributed by atoms with Gasteiger partial charge in [0.2, 0.25) is 0 Å². The second-order valence-corrected chi connectivity index (χ2v) is 4.31. The van der Waals surface area contributed by atoms with E-state index in [1.54, 1.807) is 13.1 Å². The fraction of sp³-hybridized carbons (Fsp3) is 0.231. The van der Waals surface area contributed by atoms with E-state index in [1.165, 1.54) is 0 Å². The van der Waals surface area contributed by atoms with Gasteiger partial charge in [0, 0.05) is 24.0 Å². The normalized spacial score (nSPS) is 13.0. The van der Waals surface area contributed by atoms with Gasteiger partial charge >= 0.3 is 0 Å². The lowest BCUT2D eigenvalue weighted by atomic mass is 10.3. The van der Waals surface area contributed by atoms with Crippen LogP contribution in [0.4, 0.5) is 0 Å².